The Morgan fingerprint density at radius 3 is 2.64 bits per heavy atom. The van der Waals surface area contributed by atoms with Gasteiger partial charge in [0.05, 0.1) is 5.56 Å². The van der Waals surface area contributed by atoms with Gasteiger partial charge >= 0.3 is 12.1 Å². The van der Waals surface area contributed by atoms with Gasteiger partial charge in [-0.05, 0) is 18.2 Å². The summed E-state index contributed by atoms with van der Waals surface area (Å²) in [5, 5.41) is 29.3. The summed E-state index contributed by atoms with van der Waals surface area (Å²) in [4.78, 5) is 14.8. The molecule has 7 nitrogen and oxygen atoms in total. The van der Waals surface area contributed by atoms with E-state index in [0.29, 0.717) is 0 Å². The Bertz CT molecular complexity index is 777. The molecule has 2 rings (SSSR count). The molecule has 0 saturated heterocycles. The van der Waals surface area contributed by atoms with E-state index in [1.807, 2.05) is 5.32 Å². The Kier molecular flexibility index (Phi) is 3.64. The topological polar surface area (TPSA) is 119 Å². The summed E-state index contributed by atoms with van der Waals surface area (Å²) in [5.41, 5.74) is -0.416. The molecule has 22 heavy (non-hydrogen) atoms. The van der Waals surface area contributed by atoms with E-state index < -0.39 is 40.9 Å². The number of aromatic nitrogens is 1. The number of carbonyl (C=O) groups is 1. The van der Waals surface area contributed by atoms with Crippen LogP contribution in [-0.4, -0.2) is 21.1 Å². The van der Waals surface area contributed by atoms with Crippen molar-refractivity contribution >= 4 is 11.7 Å². The average molecular weight is 313 g/mol. The first kappa shape index (κ1) is 15.2. The quantitative estimate of drug-likeness (QED) is 0.731. The summed E-state index contributed by atoms with van der Waals surface area (Å²) in [6, 6.07) is 4.32. The van der Waals surface area contributed by atoms with Gasteiger partial charge in [-0.2, -0.15) is 23.4 Å². The molecule has 1 heterocycles. The Labute approximate surface area is 120 Å². The maximum absolute atomic E-state index is 12.4. The minimum atomic E-state index is -4.93. The van der Waals surface area contributed by atoms with Crippen LogP contribution in [-0.2, 0) is 6.18 Å². The van der Waals surface area contributed by atoms with Gasteiger partial charge in [0.25, 0.3) is 5.91 Å². The van der Waals surface area contributed by atoms with Gasteiger partial charge in [0.2, 0.25) is 5.76 Å². The van der Waals surface area contributed by atoms with E-state index in [2.05, 4.69) is 9.40 Å². The van der Waals surface area contributed by atoms with Gasteiger partial charge in [0, 0.05) is 0 Å². The highest BCUT2D eigenvalue weighted by molar-refractivity contribution is 6.06. The molecular weight excluding hydrogens is 307 g/mol. The van der Waals surface area contributed by atoms with Crippen molar-refractivity contribution < 1.29 is 32.6 Å². The molecule has 0 radical (unpaired) electrons. The second-order valence-electron chi connectivity index (χ2n) is 3.96. The molecule has 0 saturated carbocycles. The van der Waals surface area contributed by atoms with Gasteiger partial charge in [0.1, 0.15) is 17.6 Å². The lowest BCUT2D eigenvalue weighted by atomic mass is 10.2. The third kappa shape index (κ3) is 2.93. The maximum Gasteiger partial charge on any atom is 0.469 e. The Morgan fingerprint density at radius 1 is 1.36 bits per heavy atom. The molecule has 10 heteroatoms. The molecule has 0 aliphatic heterocycles. The normalized spacial score (nSPS) is 11.0. The fourth-order valence-corrected chi connectivity index (χ4v) is 1.48. The number of nitrogens with one attached hydrogen (secondary N) is 1. The van der Waals surface area contributed by atoms with Crippen LogP contribution in [0.25, 0.3) is 0 Å². The highest BCUT2D eigenvalue weighted by atomic mass is 19.4. The maximum atomic E-state index is 12.4. The second kappa shape index (κ2) is 5.28. The number of benzene rings is 1. The van der Waals surface area contributed by atoms with Gasteiger partial charge in [-0.1, -0.05) is 0 Å². The van der Waals surface area contributed by atoms with E-state index in [-0.39, 0.29) is 5.75 Å². The molecule has 1 amide bonds. The number of oxazole rings is 1. The Morgan fingerprint density at radius 2 is 2.05 bits per heavy atom. The van der Waals surface area contributed by atoms with Crippen LogP contribution in [0.15, 0.2) is 22.6 Å². The lowest BCUT2D eigenvalue weighted by Crippen LogP contribution is -2.13. The third-order valence-corrected chi connectivity index (χ3v) is 2.43. The summed E-state index contributed by atoms with van der Waals surface area (Å²) in [6.45, 7) is 0. The van der Waals surface area contributed by atoms with Crippen molar-refractivity contribution in [2.75, 3.05) is 5.32 Å². The molecule has 1 aromatic heterocycles. The van der Waals surface area contributed by atoms with E-state index in [9.17, 15) is 28.2 Å². The number of nitriles is 1. The first-order chi connectivity index (χ1) is 10.2. The van der Waals surface area contributed by atoms with Crippen molar-refractivity contribution in [3.05, 3.63) is 35.4 Å². The van der Waals surface area contributed by atoms with Crippen molar-refractivity contribution in [2.45, 2.75) is 6.18 Å². The Balaban J connectivity index is 2.35. The number of hydrogen-bond donors (Lipinski definition) is 3. The zero-order valence-electron chi connectivity index (χ0n) is 10.5. The van der Waals surface area contributed by atoms with Gasteiger partial charge in [-0.15, -0.1) is 0 Å². The number of halogens is 3. The lowest BCUT2D eigenvalue weighted by molar-refractivity contribution is -0.157. The number of carbonyl (C=O) groups excluding carboxylic acids is 1. The first-order valence-corrected chi connectivity index (χ1v) is 5.54. The fraction of sp³-hybridized carbons (Fsp3) is 0.0833. The summed E-state index contributed by atoms with van der Waals surface area (Å²) in [6.07, 6.45) is -4.93. The van der Waals surface area contributed by atoms with Crippen LogP contribution < -0.4 is 5.32 Å². The van der Waals surface area contributed by atoms with E-state index in [4.69, 9.17) is 5.26 Å². The predicted octanol–water partition coefficient (Wildman–Crippen LogP) is 2.23. The lowest BCUT2D eigenvalue weighted by Gasteiger charge is -2.05. The first-order valence-electron chi connectivity index (χ1n) is 5.54. The van der Waals surface area contributed by atoms with Crippen LogP contribution in [0.1, 0.15) is 22.0 Å². The number of alkyl halides is 3. The smallest absolute Gasteiger partial charge is 0.469 e. The molecule has 0 unspecified atom stereocenters. The molecule has 0 aliphatic rings. The van der Waals surface area contributed by atoms with E-state index in [1.165, 1.54) is 6.07 Å². The molecular formula is C12H6F3N3O4. The van der Waals surface area contributed by atoms with Crippen LogP contribution in [0.2, 0.25) is 0 Å². The standard InChI is InChI=1S/C12H6F3N3O4/c13-12(14,15)11-18-9(8(4-16)22-11)17-10(21)6-3-5(19)1-2-7(6)20/h1-3,19-20H,(H,17,21). The number of amides is 1. The minimum absolute atomic E-state index is 0.348. The molecule has 0 fully saturated rings. The molecule has 0 bridgehead atoms. The summed E-state index contributed by atoms with van der Waals surface area (Å²) < 4.78 is 41.5. The zero-order valence-corrected chi connectivity index (χ0v) is 10.5. The van der Waals surface area contributed by atoms with Crippen molar-refractivity contribution in [1.29, 1.82) is 5.26 Å². The minimum Gasteiger partial charge on any atom is -0.508 e. The van der Waals surface area contributed by atoms with Crippen molar-refractivity contribution in [2.24, 2.45) is 0 Å². The third-order valence-electron chi connectivity index (χ3n) is 2.43. The van der Waals surface area contributed by atoms with Crippen LogP contribution in [0.4, 0.5) is 19.0 Å². The average Bonchev–Trinajstić information content (AvgIpc) is 2.84. The molecule has 1 aromatic carbocycles. The number of aromatic hydroxyl groups is 2. The number of phenols is 2. The van der Waals surface area contributed by atoms with Crippen molar-refractivity contribution in [1.82, 2.24) is 4.98 Å². The second-order valence-corrected chi connectivity index (χ2v) is 3.96. The van der Waals surface area contributed by atoms with E-state index in [1.54, 1.807) is 0 Å². The van der Waals surface area contributed by atoms with Crippen LogP contribution in [0.5, 0.6) is 11.5 Å². The molecule has 0 spiro atoms. The summed E-state index contributed by atoms with van der Waals surface area (Å²) in [5.74, 6) is -5.23. The van der Waals surface area contributed by atoms with Crippen LogP contribution in [0, 0.1) is 11.3 Å². The van der Waals surface area contributed by atoms with Gasteiger partial charge < -0.3 is 19.9 Å². The van der Waals surface area contributed by atoms with Crippen LogP contribution >= 0.6 is 0 Å². The SMILES string of the molecule is N#Cc1oc(C(F)(F)F)nc1NC(=O)c1cc(O)ccc1O. The van der Waals surface area contributed by atoms with Crippen molar-refractivity contribution in [3.63, 3.8) is 0 Å². The monoisotopic (exact) mass is 313 g/mol. The molecule has 114 valence electrons. The van der Waals surface area contributed by atoms with E-state index >= 15 is 0 Å². The number of nitrogens with zero attached hydrogens (tertiary/aromatic N) is 2. The highest BCUT2D eigenvalue weighted by Crippen LogP contribution is 2.32. The van der Waals surface area contributed by atoms with Gasteiger partial charge in [0.15, 0.2) is 5.82 Å². The van der Waals surface area contributed by atoms with E-state index in [0.717, 1.165) is 18.2 Å². The predicted molar refractivity (Wildman–Crippen MR) is 63.9 cm³/mol. The number of rotatable bonds is 2. The molecule has 0 aliphatic carbocycles. The number of anilines is 1. The fourth-order valence-electron chi connectivity index (χ4n) is 1.48. The summed E-state index contributed by atoms with van der Waals surface area (Å²) in [7, 11) is 0. The number of hydrogen-bond acceptors (Lipinski definition) is 6. The van der Waals surface area contributed by atoms with Crippen LogP contribution in [0.3, 0.4) is 0 Å². The zero-order chi connectivity index (χ0) is 16.5. The summed E-state index contributed by atoms with van der Waals surface area (Å²) >= 11 is 0. The molecule has 2 aromatic rings. The largest absolute Gasteiger partial charge is 0.508 e. The number of phenolic OH excluding ortho intramolecular Hbond substituents is 2. The van der Waals surface area contributed by atoms with Gasteiger partial charge in [-0.3, -0.25) is 4.79 Å². The highest BCUT2D eigenvalue weighted by Gasteiger charge is 2.39. The Hall–Kier alpha value is -3.22. The van der Waals surface area contributed by atoms with Gasteiger partial charge in [-0.25, -0.2) is 0 Å². The van der Waals surface area contributed by atoms with Crippen molar-refractivity contribution in [3.8, 4) is 17.6 Å². The molecule has 0 atom stereocenters. The molecule has 3 N–H and O–H groups in total.